The van der Waals surface area contributed by atoms with Crippen LogP contribution in [-0.4, -0.2) is 34.0 Å². The van der Waals surface area contributed by atoms with E-state index < -0.39 is 6.09 Å². The van der Waals surface area contributed by atoms with E-state index in [0.717, 1.165) is 74.0 Å². The maximum absolute atomic E-state index is 12.8. The van der Waals surface area contributed by atoms with Gasteiger partial charge in [-0.15, -0.1) is 5.10 Å². The second-order valence-corrected chi connectivity index (χ2v) is 10.4. The molecule has 2 aromatic carbocycles. The first-order valence-electron chi connectivity index (χ1n) is 12.3. The number of hydrogen-bond acceptors (Lipinski definition) is 4. The molecule has 3 aromatic rings. The summed E-state index contributed by atoms with van der Waals surface area (Å²) in [6.07, 6.45) is 8.44. The third-order valence-corrected chi connectivity index (χ3v) is 7.31. The summed E-state index contributed by atoms with van der Waals surface area (Å²) in [6, 6.07) is 13.0. The van der Waals surface area contributed by atoms with E-state index in [9.17, 15) is 4.79 Å². The third-order valence-electron chi connectivity index (χ3n) is 6.52. The van der Waals surface area contributed by atoms with Gasteiger partial charge in [0, 0.05) is 28.7 Å². The minimum Gasteiger partial charge on any atom is -0.388 e. The lowest BCUT2D eigenvalue weighted by Gasteiger charge is -2.26. The number of carbonyl (C=O) groups excluding carboxylic acids is 1. The van der Waals surface area contributed by atoms with Crippen molar-refractivity contribution in [3.8, 4) is 11.6 Å². The minimum absolute atomic E-state index is 0.300. The van der Waals surface area contributed by atoms with Crippen LogP contribution in [0.25, 0.3) is 17.3 Å². The van der Waals surface area contributed by atoms with Crippen molar-refractivity contribution in [1.82, 2.24) is 20.2 Å². The number of hydrogen-bond donors (Lipinski definition) is 1. The molecule has 6 nitrogen and oxygen atoms in total. The Hall–Kier alpha value is -2.51. The molecule has 1 aliphatic heterocycles. The lowest BCUT2D eigenvalue weighted by Crippen LogP contribution is -2.46. The van der Waals surface area contributed by atoms with Gasteiger partial charge in [0.25, 0.3) is 0 Å². The van der Waals surface area contributed by atoms with Gasteiger partial charge in [0.15, 0.2) is 0 Å². The van der Waals surface area contributed by atoms with Gasteiger partial charge in [0.1, 0.15) is 0 Å². The van der Waals surface area contributed by atoms with E-state index >= 15 is 0 Å². The summed E-state index contributed by atoms with van der Waals surface area (Å²) in [5.41, 5.74) is 7.45. The molecule has 9 heteroatoms. The van der Waals surface area contributed by atoms with E-state index in [-0.39, 0.29) is 0 Å². The first-order chi connectivity index (χ1) is 17.5. The van der Waals surface area contributed by atoms with Crippen molar-refractivity contribution in [3.63, 3.8) is 0 Å². The number of halogens is 3. The van der Waals surface area contributed by atoms with Crippen LogP contribution in [0.1, 0.15) is 55.3 Å². The van der Waals surface area contributed by atoms with E-state index in [1.807, 2.05) is 35.3 Å². The van der Waals surface area contributed by atoms with Gasteiger partial charge in [-0.1, -0.05) is 53.4 Å². The molecular weight excluding hydrogens is 519 g/mol. The fraction of sp³-hybridized carbons (Fsp3) is 0.333. The van der Waals surface area contributed by atoms with E-state index in [1.165, 1.54) is 6.42 Å². The summed E-state index contributed by atoms with van der Waals surface area (Å²) in [4.78, 5) is 12.8. The monoisotopic (exact) mass is 544 g/mol. The molecule has 5 rings (SSSR count). The molecule has 0 atom stereocenters. The number of carbonyl (C=O) groups is 1. The molecule has 36 heavy (non-hydrogen) atoms. The van der Waals surface area contributed by atoms with Crippen LogP contribution in [0.4, 0.5) is 4.79 Å². The van der Waals surface area contributed by atoms with E-state index in [2.05, 4.69) is 11.5 Å². The number of aromatic nitrogens is 2. The first-order valence-corrected chi connectivity index (χ1v) is 13.4. The zero-order chi connectivity index (χ0) is 25.1. The zero-order valence-electron chi connectivity index (χ0n) is 19.8. The summed E-state index contributed by atoms with van der Waals surface area (Å²) < 4.78 is 7.60. The average molecular weight is 546 g/mol. The number of allylic oxidation sites excluding steroid dienone is 1. The highest BCUT2D eigenvalue weighted by Gasteiger charge is 2.28. The highest BCUT2D eigenvalue weighted by molar-refractivity contribution is 6.35. The number of nitrogens with one attached hydrogen (secondary N) is 1. The highest BCUT2D eigenvalue weighted by atomic mass is 35.5. The van der Waals surface area contributed by atoms with Crippen LogP contribution >= 0.6 is 34.8 Å². The molecule has 0 bridgehead atoms. The molecule has 1 saturated heterocycles. The summed E-state index contributed by atoms with van der Waals surface area (Å²) in [5, 5.41) is 8.36. The third kappa shape index (κ3) is 5.73. The van der Waals surface area contributed by atoms with Crippen molar-refractivity contribution in [1.29, 1.82) is 0 Å². The molecule has 1 aliphatic carbocycles. The topological polar surface area (TPSA) is 59.4 Å². The van der Waals surface area contributed by atoms with Crippen LogP contribution in [0, 0.1) is 0 Å². The molecule has 1 fully saturated rings. The van der Waals surface area contributed by atoms with Crippen molar-refractivity contribution >= 4 is 52.5 Å². The number of hydrazine groups is 1. The van der Waals surface area contributed by atoms with E-state index in [1.54, 1.807) is 16.8 Å². The standard InChI is InChI=1S/C27H27Cl3N4O2/c28-20-10-8-18(9-11-20)16-19-6-2-3-7-22-25(19)34(24-13-12-21(29)17-23(24)30)31-26(22)36-27(35)32-33-14-4-1-5-15-33/h8-13,16-17H,1-7,14-15H2,(H,32,35)/b19-16+. The van der Waals surface area contributed by atoms with Gasteiger partial charge in [-0.2, -0.15) is 0 Å². The Labute approximate surface area is 225 Å². The number of rotatable bonds is 4. The number of piperidine rings is 1. The molecule has 0 saturated carbocycles. The Morgan fingerprint density at radius 3 is 2.39 bits per heavy atom. The Kier molecular flexibility index (Phi) is 7.87. The van der Waals surface area contributed by atoms with Crippen LogP contribution in [0.3, 0.4) is 0 Å². The van der Waals surface area contributed by atoms with Crippen LogP contribution in [0.5, 0.6) is 5.88 Å². The first kappa shape index (κ1) is 25.2. The van der Waals surface area contributed by atoms with Gasteiger partial charge in [0.05, 0.1) is 16.4 Å². The second kappa shape index (κ2) is 11.3. The van der Waals surface area contributed by atoms with Crippen LogP contribution in [-0.2, 0) is 6.42 Å². The van der Waals surface area contributed by atoms with Gasteiger partial charge >= 0.3 is 6.09 Å². The molecule has 0 spiro atoms. The van der Waals surface area contributed by atoms with Crippen molar-refractivity contribution < 1.29 is 9.53 Å². The normalized spacial score (nSPS) is 17.5. The molecule has 1 aromatic heterocycles. The molecular formula is C27H27Cl3N4O2. The smallest absolute Gasteiger partial charge is 0.388 e. The average Bonchev–Trinajstić information content (AvgIpc) is 3.06. The van der Waals surface area contributed by atoms with E-state index in [0.29, 0.717) is 26.6 Å². The molecule has 188 valence electrons. The molecule has 1 amide bonds. The van der Waals surface area contributed by atoms with Gasteiger partial charge in [-0.3, -0.25) is 5.43 Å². The number of nitrogens with zero attached hydrogens (tertiary/aromatic N) is 3. The summed E-state index contributed by atoms with van der Waals surface area (Å²) in [5.74, 6) is 0.300. The Morgan fingerprint density at radius 1 is 0.917 bits per heavy atom. The molecule has 2 heterocycles. The van der Waals surface area contributed by atoms with Gasteiger partial charge in [-0.25, -0.2) is 14.5 Å². The lowest BCUT2D eigenvalue weighted by molar-refractivity contribution is 0.127. The number of ether oxygens (including phenoxy) is 1. The van der Waals surface area contributed by atoms with Crippen molar-refractivity contribution in [2.45, 2.75) is 44.9 Å². The highest BCUT2D eigenvalue weighted by Crippen LogP contribution is 2.39. The summed E-state index contributed by atoms with van der Waals surface area (Å²) in [7, 11) is 0. The molecule has 0 radical (unpaired) electrons. The number of fused-ring (bicyclic) bond motifs is 1. The quantitative estimate of drug-likeness (QED) is 0.343. The maximum Gasteiger partial charge on any atom is 0.428 e. The van der Waals surface area contributed by atoms with Crippen LogP contribution in [0.15, 0.2) is 42.5 Å². The molecule has 2 aliphatic rings. The lowest BCUT2D eigenvalue weighted by atomic mass is 10.0. The zero-order valence-corrected chi connectivity index (χ0v) is 22.0. The summed E-state index contributed by atoms with van der Waals surface area (Å²) >= 11 is 18.9. The Bertz CT molecular complexity index is 1280. The fourth-order valence-corrected chi connectivity index (χ4v) is 5.39. The predicted octanol–water partition coefficient (Wildman–Crippen LogP) is 7.59. The van der Waals surface area contributed by atoms with E-state index in [4.69, 9.17) is 44.6 Å². The Balaban J connectivity index is 1.57. The predicted molar refractivity (Wildman–Crippen MR) is 145 cm³/mol. The van der Waals surface area contributed by atoms with Crippen molar-refractivity contribution in [2.75, 3.05) is 13.1 Å². The second-order valence-electron chi connectivity index (χ2n) is 9.12. The maximum atomic E-state index is 12.8. The van der Waals surface area contributed by atoms with Gasteiger partial charge < -0.3 is 4.74 Å². The van der Waals surface area contributed by atoms with Crippen LogP contribution in [0.2, 0.25) is 15.1 Å². The van der Waals surface area contributed by atoms with Crippen molar-refractivity contribution in [2.24, 2.45) is 0 Å². The fourth-order valence-electron chi connectivity index (χ4n) is 4.78. The molecule has 1 N–H and O–H groups in total. The van der Waals surface area contributed by atoms with Gasteiger partial charge in [0.2, 0.25) is 5.88 Å². The van der Waals surface area contributed by atoms with Gasteiger partial charge in [-0.05, 0) is 86.1 Å². The Morgan fingerprint density at radius 2 is 1.64 bits per heavy atom. The largest absolute Gasteiger partial charge is 0.428 e. The molecule has 0 unspecified atom stereocenters. The van der Waals surface area contributed by atoms with Crippen molar-refractivity contribution in [3.05, 3.63) is 74.4 Å². The minimum atomic E-state index is -0.529. The van der Waals surface area contributed by atoms with Crippen LogP contribution < -0.4 is 10.2 Å². The number of benzene rings is 2. The summed E-state index contributed by atoms with van der Waals surface area (Å²) in [6.45, 7) is 1.63. The number of amides is 1. The SMILES string of the molecule is O=C(NN1CCCCC1)Oc1nn(-c2ccc(Cl)cc2Cl)c2c1CCCC/C2=C\c1ccc(Cl)cc1.